The third-order valence-corrected chi connectivity index (χ3v) is 3.50. The molecule has 124 valence electrons. The molecule has 7 heteroatoms. The van der Waals surface area contributed by atoms with Crippen molar-refractivity contribution >= 4 is 16.9 Å². The molecule has 1 N–H and O–H groups in total. The van der Waals surface area contributed by atoms with Crippen LogP contribution in [-0.4, -0.2) is 22.5 Å². The Bertz CT molecular complexity index is 883. The molecule has 0 spiro atoms. The Morgan fingerprint density at radius 3 is 2.62 bits per heavy atom. The van der Waals surface area contributed by atoms with Gasteiger partial charge in [-0.1, -0.05) is 6.07 Å². The molecule has 0 atom stereocenters. The molecule has 0 unspecified atom stereocenters. The maximum absolute atomic E-state index is 12.6. The first kappa shape index (κ1) is 16.0. The zero-order chi connectivity index (χ0) is 17.3. The highest BCUT2D eigenvalue weighted by molar-refractivity contribution is 5.96. The number of carbonyl (C=O) groups is 1. The van der Waals surface area contributed by atoms with E-state index in [9.17, 15) is 18.0 Å². The molecule has 0 bridgehead atoms. The summed E-state index contributed by atoms with van der Waals surface area (Å²) in [6.45, 7) is 1.99. The smallest absolute Gasteiger partial charge is 0.417 e. The summed E-state index contributed by atoms with van der Waals surface area (Å²) < 4.78 is 42.7. The third-order valence-electron chi connectivity index (χ3n) is 3.50. The lowest BCUT2D eigenvalue weighted by molar-refractivity contribution is -0.137. The summed E-state index contributed by atoms with van der Waals surface area (Å²) in [4.78, 5) is 18.5. The van der Waals surface area contributed by atoms with Crippen LogP contribution < -0.4 is 0 Å². The molecule has 2 heterocycles. The summed E-state index contributed by atoms with van der Waals surface area (Å²) in [7, 11) is 0. The van der Waals surface area contributed by atoms with Gasteiger partial charge in [0, 0.05) is 22.7 Å². The van der Waals surface area contributed by atoms with E-state index in [4.69, 9.17) is 4.74 Å². The summed E-state index contributed by atoms with van der Waals surface area (Å²) in [5, 5.41) is 0.747. The second kappa shape index (κ2) is 5.99. The number of alkyl halides is 3. The summed E-state index contributed by atoms with van der Waals surface area (Å²) in [5.41, 5.74) is 1.34. The molecule has 0 amide bonds. The van der Waals surface area contributed by atoms with Gasteiger partial charge in [-0.25, -0.2) is 4.79 Å². The molecule has 1 aromatic carbocycles. The maximum Gasteiger partial charge on any atom is 0.417 e. The van der Waals surface area contributed by atoms with Crippen molar-refractivity contribution in [3.05, 3.63) is 53.9 Å². The standard InChI is InChI=1S/C17H13F3N2O2/c1-2-24-16(23)15-8-11-7-10(3-5-14(11)22-15)13-6-4-12(9-21-13)17(18,19)20/h3-9,22H,2H2,1H3. The second-order valence-corrected chi connectivity index (χ2v) is 5.14. The summed E-state index contributed by atoms with van der Waals surface area (Å²) in [6.07, 6.45) is -3.61. The maximum atomic E-state index is 12.6. The van der Waals surface area contributed by atoms with Crippen molar-refractivity contribution in [1.29, 1.82) is 0 Å². The van der Waals surface area contributed by atoms with Crippen molar-refractivity contribution in [2.75, 3.05) is 6.61 Å². The lowest BCUT2D eigenvalue weighted by atomic mass is 10.1. The number of hydrogen-bond donors (Lipinski definition) is 1. The van der Waals surface area contributed by atoms with Gasteiger partial charge >= 0.3 is 12.1 Å². The number of carbonyl (C=O) groups excluding carboxylic acids is 1. The van der Waals surface area contributed by atoms with Gasteiger partial charge in [0.15, 0.2) is 0 Å². The van der Waals surface area contributed by atoms with E-state index in [-0.39, 0.29) is 6.61 Å². The molecule has 0 fully saturated rings. The Labute approximate surface area is 135 Å². The average Bonchev–Trinajstić information content (AvgIpc) is 2.97. The first-order valence-electron chi connectivity index (χ1n) is 7.22. The number of fused-ring (bicyclic) bond motifs is 1. The minimum Gasteiger partial charge on any atom is -0.461 e. The minimum atomic E-state index is -4.41. The van der Waals surface area contributed by atoms with Crippen LogP contribution in [0.2, 0.25) is 0 Å². The number of nitrogens with one attached hydrogen (secondary N) is 1. The number of hydrogen-bond acceptors (Lipinski definition) is 3. The van der Waals surface area contributed by atoms with Gasteiger partial charge in [0.2, 0.25) is 0 Å². The molecule has 0 aliphatic carbocycles. The van der Waals surface area contributed by atoms with Crippen LogP contribution in [0.4, 0.5) is 13.2 Å². The largest absolute Gasteiger partial charge is 0.461 e. The topological polar surface area (TPSA) is 55.0 Å². The molecule has 4 nitrogen and oxygen atoms in total. The number of aromatic amines is 1. The molecular formula is C17H13F3N2O2. The van der Waals surface area contributed by atoms with E-state index in [2.05, 4.69) is 9.97 Å². The van der Waals surface area contributed by atoms with Gasteiger partial charge in [-0.2, -0.15) is 13.2 Å². The van der Waals surface area contributed by atoms with Crippen molar-refractivity contribution in [2.45, 2.75) is 13.1 Å². The van der Waals surface area contributed by atoms with Gasteiger partial charge in [0.25, 0.3) is 0 Å². The van der Waals surface area contributed by atoms with Crippen molar-refractivity contribution in [1.82, 2.24) is 9.97 Å². The van der Waals surface area contributed by atoms with Crippen molar-refractivity contribution in [3.63, 3.8) is 0 Å². The van der Waals surface area contributed by atoms with Crippen LogP contribution in [0.5, 0.6) is 0 Å². The van der Waals surface area contributed by atoms with Crippen LogP contribution >= 0.6 is 0 Å². The van der Waals surface area contributed by atoms with E-state index < -0.39 is 17.7 Å². The number of ether oxygens (including phenoxy) is 1. The van der Waals surface area contributed by atoms with Gasteiger partial charge in [-0.15, -0.1) is 0 Å². The second-order valence-electron chi connectivity index (χ2n) is 5.14. The van der Waals surface area contributed by atoms with Crippen LogP contribution in [-0.2, 0) is 10.9 Å². The molecule has 2 aromatic heterocycles. The Balaban J connectivity index is 1.94. The van der Waals surface area contributed by atoms with Gasteiger partial charge in [0.05, 0.1) is 17.9 Å². The van der Waals surface area contributed by atoms with Crippen LogP contribution in [0, 0.1) is 0 Å². The van der Waals surface area contributed by atoms with Crippen LogP contribution in [0.1, 0.15) is 23.0 Å². The van der Waals surface area contributed by atoms with Crippen LogP contribution in [0.3, 0.4) is 0 Å². The number of H-pyrrole nitrogens is 1. The van der Waals surface area contributed by atoms with Crippen molar-refractivity contribution in [2.24, 2.45) is 0 Å². The van der Waals surface area contributed by atoms with Crippen LogP contribution in [0.15, 0.2) is 42.6 Å². The molecule has 0 saturated carbocycles. The first-order chi connectivity index (χ1) is 11.4. The van der Waals surface area contributed by atoms with E-state index in [1.807, 2.05) is 0 Å². The average molecular weight is 334 g/mol. The number of halogens is 3. The quantitative estimate of drug-likeness (QED) is 0.721. The lowest BCUT2D eigenvalue weighted by Gasteiger charge is -2.07. The first-order valence-corrected chi connectivity index (χ1v) is 7.22. The van der Waals surface area contributed by atoms with Gasteiger partial charge in [-0.3, -0.25) is 4.98 Å². The van der Waals surface area contributed by atoms with Crippen molar-refractivity contribution < 1.29 is 22.7 Å². The molecule has 0 aliphatic rings. The van der Waals surface area contributed by atoms with Gasteiger partial charge in [0.1, 0.15) is 5.69 Å². The normalized spacial score (nSPS) is 11.7. The summed E-state index contributed by atoms with van der Waals surface area (Å²) in [5.74, 6) is -0.456. The number of aromatic nitrogens is 2. The lowest BCUT2D eigenvalue weighted by Crippen LogP contribution is -2.05. The molecule has 24 heavy (non-hydrogen) atoms. The van der Waals surface area contributed by atoms with E-state index in [0.29, 0.717) is 17.0 Å². The van der Waals surface area contributed by atoms with Crippen molar-refractivity contribution in [3.8, 4) is 11.3 Å². The summed E-state index contributed by atoms with van der Waals surface area (Å²) >= 11 is 0. The fourth-order valence-electron chi connectivity index (χ4n) is 2.34. The fraction of sp³-hybridized carbons (Fsp3) is 0.176. The third kappa shape index (κ3) is 3.10. The molecule has 3 aromatic rings. The molecule has 3 rings (SSSR count). The molecular weight excluding hydrogens is 321 g/mol. The van der Waals surface area contributed by atoms with Crippen LogP contribution in [0.25, 0.3) is 22.2 Å². The number of nitrogens with zero attached hydrogens (tertiary/aromatic N) is 1. The molecule has 0 radical (unpaired) electrons. The van der Waals surface area contributed by atoms with E-state index in [0.717, 1.165) is 23.2 Å². The number of esters is 1. The summed E-state index contributed by atoms with van der Waals surface area (Å²) in [6, 6.07) is 9.18. The highest BCUT2D eigenvalue weighted by atomic mass is 19.4. The Morgan fingerprint density at radius 2 is 2.00 bits per heavy atom. The Kier molecular flexibility index (Phi) is 4.01. The number of benzene rings is 1. The monoisotopic (exact) mass is 334 g/mol. The van der Waals surface area contributed by atoms with E-state index in [1.165, 1.54) is 6.07 Å². The predicted molar refractivity (Wildman–Crippen MR) is 82.5 cm³/mol. The Hall–Kier alpha value is -2.83. The minimum absolute atomic E-state index is 0.273. The molecule has 0 aliphatic heterocycles. The highest BCUT2D eigenvalue weighted by Crippen LogP contribution is 2.30. The zero-order valence-corrected chi connectivity index (χ0v) is 12.6. The zero-order valence-electron chi connectivity index (χ0n) is 12.6. The molecule has 0 saturated heterocycles. The Morgan fingerprint density at radius 1 is 1.21 bits per heavy atom. The van der Waals surface area contributed by atoms with E-state index >= 15 is 0 Å². The number of rotatable bonds is 3. The van der Waals surface area contributed by atoms with Gasteiger partial charge in [-0.05, 0) is 37.3 Å². The SMILES string of the molecule is CCOC(=O)c1cc2cc(-c3ccc(C(F)(F)F)cn3)ccc2[nH]1. The van der Waals surface area contributed by atoms with Gasteiger partial charge < -0.3 is 9.72 Å². The number of pyridine rings is 1. The predicted octanol–water partition coefficient (Wildman–Crippen LogP) is 4.43. The van der Waals surface area contributed by atoms with E-state index in [1.54, 1.807) is 31.2 Å². The highest BCUT2D eigenvalue weighted by Gasteiger charge is 2.30. The fourth-order valence-corrected chi connectivity index (χ4v) is 2.34.